The molecule has 1 aromatic rings. The summed E-state index contributed by atoms with van der Waals surface area (Å²) in [5.41, 5.74) is 35.4. The number of Topliss-reactive ketones (excluding diaryl/α,β-unsaturated/α-hetero) is 1. The number of nitrogens with two attached hydrogens (primary N) is 7. The number of fused-ring (bicyclic) bond motifs is 1. The molecule has 8 heteroatoms. The second-order valence-electron chi connectivity index (χ2n) is 4.74. The second kappa shape index (κ2) is 3.26. The van der Waals surface area contributed by atoms with E-state index < -0.39 is 22.8 Å². The van der Waals surface area contributed by atoms with Crippen LogP contribution in [0.4, 0.5) is 5.69 Å². The third-order valence-corrected chi connectivity index (χ3v) is 3.48. The van der Waals surface area contributed by atoms with Crippen molar-refractivity contribution in [3.05, 3.63) is 29.3 Å². The zero-order valence-corrected chi connectivity index (χ0v) is 9.68. The number of hydrogen-bond acceptors (Lipinski definition) is 8. The molecule has 0 aliphatic heterocycles. The molecule has 1 aliphatic carbocycles. The molecule has 0 heterocycles. The SMILES string of the molecule is Nc1ccc2c(c1)C(N)(N)C(N)(N)C(N)(N)C2=O. The van der Waals surface area contributed by atoms with Gasteiger partial charge in [0.1, 0.15) is 11.3 Å². The van der Waals surface area contributed by atoms with Gasteiger partial charge < -0.3 is 40.1 Å². The van der Waals surface area contributed by atoms with Crippen LogP contribution in [-0.2, 0) is 5.66 Å². The summed E-state index contributed by atoms with van der Waals surface area (Å²) in [6, 6.07) is 4.41. The van der Waals surface area contributed by atoms with Crippen LogP contribution in [0.2, 0.25) is 0 Å². The zero-order valence-electron chi connectivity index (χ0n) is 9.68. The van der Waals surface area contributed by atoms with Crippen LogP contribution in [0.15, 0.2) is 18.2 Å². The summed E-state index contributed by atoms with van der Waals surface area (Å²) in [4.78, 5) is 12.2. The largest absolute Gasteiger partial charge is 0.399 e. The smallest absolute Gasteiger partial charge is 0.200 e. The Morgan fingerprint density at radius 1 is 0.889 bits per heavy atom. The van der Waals surface area contributed by atoms with Gasteiger partial charge in [-0.15, -0.1) is 0 Å². The first-order chi connectivity index (χ1) is 8.03. The molecular weight excluding hydrogens is 234 g/mol. The number of benzene rings is 1. The summed E-state index contributed by atoms with van der Waals surface area (Å²) in [6.45, 7) is 0. The lowest BCUT2D eigenvalue weighted by atomic mass is 9.69. The molecule has 14 N–H and O–H groups in total. The first-order valence-corrected chi connectivity index (χ1v) is 5.21. The molecule has 18 heavy (non-hydrogen) atoms. The number of hydrogen-bond donors (Lipinski definition) is 7. The maximum Gasteiger partial charge on any atom is 0.200 e. The van der Waals surface area contributed by atoms with Crippen LogP contribution in [0.25, 0.3) is 0 Å². The van der Waals surface area contributed by atoms with Gasteiger partial charge in [0.05, 0.1) is 0 Å². The van der Waals surface area contributed by atoms with Gasteiger partial charge in [-0.1, -0.05) is 0 Å². The van der Waals surface area contributed by atoms with Crippen LogP contribution < -0.4 is 40.1 Å². The maximum absolute atomic E-state index is 12.2. The van der Waals surface area contributed by atoms with Crippen molar-refractivity contribution in [2.45, 2.75) is 17.0 Å². The second-order valence-corrected chi connectivity index (χ2v) is 4.74. The van der Waals surface area contributed by atoms with Crippen LogP contribution in [-0.4, -0.2) is 17.1 Å². The highest BCUT2D eigenvalue weighted by molar-refractivity contribution is 6.07. The fraction of sp³-hybridized carbons (Fsp3) is 0.300. The van der Waals surface area contributed by atoms with Crippen LogP contribution >= 0.6 is 0 Å². The highest BCUT2D eigenvalue weighted by Crippen LogP contribution is 2.36. The number of anilines is 1. The lowest BCUT2D eigenvalue weighted by Gasteiger charge is -2.52. The third-order valence-electron chi connectivity index (χ3n) is 3.48. The predicted molar refractivity (Wildman–Crippen MR) is 67.4 cm³/mol. The quantitative estimate of drug-likeness (QED) is 0.184. The molecule has 0 spiro atoms. The molecule has 98 valence electrons. The van der Waals surface area contributed by atoms with Crippen molar-refractivity contribution in [3.8, 4) is 0 Å². The van der Waals surface area contributed by atoms with E-state index in [-0.39, 0.29) is 11.1 Å². The van der Waals surface area contributed by atoms with Crippen LogP contribution in [0, 0.1) is 0 Å². The molecule has 1 aromatic carbocycles. The Morgan fingerprint density at radius 2 is 1.44 bits per heavy atom. The Morgan fingerprint density at radius 3 is 2.00 bits per heavy atom. The van der Waals surface area contributed by atoms with Crippen LogP contribution in [0.1, 0.15) is 15.9 Å². The fourth-order valence-electron chi connectivity index (χ4n) is 2.08. The van der Waals surface area contributed by atoms with Crippen molar-refractivity contribution in [1.29, 1.82) is 0 Å². The Kier molecular flexibility index (Phi) is 2.34. The monoisotopic (exact) mass is 251 g/mol. The lowest BCUT2D eigenvalue weighted by molar-refractivity contribution is 0.0597. The average Bonchev–Trinajstić information content (AvgIpc) is 2.26. The van der Waals surface area contributed by atoms with Crippen molar-refractivity contribution in [1.82, 2.24) is 0 Å². The van der Waals surface area contributed by atoms with Gasteiger partial charge >= 0.3 is 0 Å². The summed E-state index contributed by atoms with van der Waals surface area (Å²) in [6.07, 6.45) is 0. The van der Waals surface area contributed by atoms with E-state index in [2.05, 4.69) is 0 Å². The molecular formula is C10H17N7O. The van der Waals surface area contributed by atoms with E-state index in [1.165, 1.54) is 18.2 Å². The molecule has 0 fully saturated rings. The normalized spacial score (nSPS) is 23.6. The van der Waals surface area contributed by atoms with Crippen molar-refractivity contribution >= 4 is 11.5 Å². The van der Waals surface area contributed by atoms with E-state index in [0.717, 1.165) is 0 Å². The highest BCUT2D eigenvalue weighted by Gasteiger charge is 2.61. The molecule has 0 radical (unpaired) electrons. The summed E-state index contributed by atoms with van der Waals surface area (Å²) < 4.78 is 0. The first kappa shape index (κ1) is 12.9. The van der Waals surface area contributed by atoms with Crippen LogP contribution in [0.5, 0.6) is 0 Å². The topological polar surface area (TPSA) is 199 Å². The molecule has 0 saturated carbocycles. The van der Waals surface area contributed by atoms with Crippen molar-refractivity contribution in [2.24, 2.45) is 34.4 Å². The van der Waals surface area contributed by atoms with Gasteiger partial charge in [0.15, 0.2) is 5.66 Å². The van der Waals surface area contributed by atoms with Crippen molar-refractivity contribution in [2.75, 3.05) is 5.73 Å². The molecule has 0 bridgehead atoms. The maximum atomic E-state index is 12.2. The molecule has 0 amide bonds. The van der Waals surface area contributed by atoms with Gasteiger partial charge in [-0.2, -0.15) is 0 Å². The molecule has 0 aromatic heterocycles. The number of nitrogen functional groups attached to an aromatic ring is 1. The van der Waals surface area contributed by atoms with Gasteiger partial charge in [-0.25, -0.2) is 0 Å². The van der Waals surface area contributed by atoms with E-state index in [9.17, 15) is 4.79 Å². The molecule has 0 saturated heterocycles. The number of carbonyl (C=O) groups is 1. The van der Waals surface area contributed by atoms with Gasteiger partial charge in [0.2, 0.25) is 5.78 Å². The summed E-state index contributed by atoms with van der Waals surface area (Å²) in [7, 11) is 0. The van der Waals surface area contributed by atoms with Gasteiger partial charge in [0.25, 0.3) is 0 Å². The molecule has 0 unspecified atom stereocenters. The molecule has 1 aliphatic rings. The Labute approximate surface area is 103 Å². The minimum Gasteiger partial charge on any atom is -0.399 e. The number of carbonyl (C=O) groups excluding carboxylic acids is 1. The lowest BCUT2D eigenvalue weighted by Crippen LogP contribution is -2.91. The van der Waals surface area contributed by atoms with Gasteiger partial charge in [-0.3, -0.25) is 4.79 Å². The van der Waals surface area contributed by atoms with Crippen molar-refractivity contribution < 1.29 is 4.79 Å². The van der Waals surface area contributed by atoms with Crippen molar-refractivity contribution in [3.63, 3.8) is 0 Å². The van der Waals surface area contributed by atoms with E-state index in [0.29, 0.717) is 5.69 Å². The Hall–Kier alpha value is -1.55. The van der Waals surface area contributed by atoms with E-state index in [4.69, 9.17) is 40.1 Å². The summed E-state index contributed by atoms with van der Waals surface area (Å²) in [5, 5.41) is 0. The van der Waals surface area contributed by atoms with Gasteiger partial charge in [-0.05, 0) is 18.2 Å². The molecule has 0 atom stereocenters. The Balaban J connectivity index is 2.83. The first-order valence-electron chi connectivity index (χ1n) is 5.21. The molecule has 8 nitrogen and oxygen atoms in total. The van der Waals surface area contributed by atoms with E-state index >= 15 is 0 Å². The minimum absolute atomic E-state index is 0.172. The predicted octanol–water partition coefficient (Wildman–Crippen LogP) is -3.24. The zero-order chi connectivity index (χ0) is 13.9. The van der Waals surface area contributed by atoms with Crippen LogP contribution in [0.3, 0.4) is 0 Å². The number of rotatable bonds is 0. The number of ketones is 1. The summed E-state index contributed by atoms with van der Waals surface area (Å²) >= 11 is 0. The molecule has 2 rings (SSSR count). The van der Waals surface area contributed by atoms with Gasteiger partial charge in [0, 0.05) is 16.8 Å². The van der Waals surface area contributed by atoms with E-state index in [1.807, 2.05) is 0 Å². The van der Waals surface area contributed by atoms with E-state index in [1.54, 1.807) is 0 Å². The third kappa shape index (κ3) is 1.27. The highest BCUT2D eigenvalue weighted by atomic mass is 16.1. The fourth-order valence-corrected chi connectivity index (χ4v) is 2.08. The Bertz CT molecular complexity index is 535. The summed E-state index contributed by atoms with van der Waals surface area (Å²) in [5.74, 6) is -0.631. The average molecular weight is 251 g/mol. The minimum atomic E-state index is -2.07. The standard InChI is InChI=1S/C10H17N7O/c11-4-1-2-5-6(3-4)8(12,13)10(16,17)9(14,15)7(5)18/h1-3H,11-17H2.